The molecule has 1 aliphatic rings. The Bertz CT molecular complexity index is 963. The third-order valence-corrected chi connectivity index (χ3v) is 5.68. The molecule has 1 amide bonds. The zero-order chi connectivity index (χ0) is 17.9. The first-order valence-electron chi connectivity index (χ1n) is 8.92. The number of benzene rings is 1. The number of carbonyl (C=O) groups is 1. The normalized spacial score (nSPS) is 17.0. The van der Waals surface area contributed by atoms with Gasteiger partial charge in [-0.25, -0.2) is 4.98 Å². The van der Waals surface area contributed by atoms with E-state index in [2.05, 4.69) is 23.9 Å². The number of hydrazine groups is 1. The van der Waals surface area contributed by atoms with Gasteiger partial charge in [0, 0.05) is 11.1 Å². The summed E-state index contributed by atoms with van der Waals surface area (Å²) in [6.07, 6.45) is 5.59. The van der Waals surface area contributed by atoms with Crippen LogP contribution in [0.5, 0.6) is 0 Å². The first-order valence-corrected chi connectivity index (χ1v) is 9.80. The highest BCUT2D eigenvalue weighted by Gasteiger charge is 2.17. The molecular formula is C21H21N3OS. The van der Waals surface area contributed by atoms with Gasteiger partial charge in [-0.2, -0.15) is 0 Å². The van der Waals surface area contributed by atoms with E-state index in [1.165, 1.54) is 6.42 Å². The molecule has 0 fully saturated rings. The molecule has 0 saturated carbocycles. The first kappa shape index (κ1) is 16.8. The molecule has 4 rings (SSSR count). The van der Waals surface area contributed by atoms with Gasteiger partial charge in [-0.3, -0.25) is 10.2 Å². The van der Waals surface area contributed by atoms with Gasteiger partial charge in [0.1, 0.15) is 0 Å². The number of rotatable bonds is 4. The number of para-hydroxylation sites is 1. The van der Waals surface area contributed by atoms with E-state index in [0.29, 0.717) is 11.5 Å². The highest BCUT2D eigenvalue weighted by Crippen LogP contribution is 2.28. The van der Waals surface area contributed by atoms with Crippen LogP contribution in [0.15, 0.2) is 59.6 Å². The predicted molar refractivity (Wildman–Crippen MR) is 107 cm³/mol. The van der Waals surface area contributed by atoms with Gasteiger partial charge in [0.2, 0.25) is 0 Å². The molecule has 0 saturated heterocycles. The van der Waals surface area contributed by atoms with Crippen LogP contribution in [0.2, 0.25) is 0 Å². The molecule has 1 aliphatic carbocycles. The fourth-order valence-electron chi connectivity index (χ4n) is 3.32. The maximum absolute atomic E-state index is 12.9. The molecule has 0 radical (unpaired) electrons. The minimum absolute atomic E-state index is 0.139. The second-order valence-corrected chi connectivity index (χ2v) is 7.57. The number of aromatic nitrogens is 1. The second-order valence-electron chi connectivity index (χ2n) is 6.62. The molecule has 2 heterocycles. The lowest BCUT2D eigenvalue weighted by Gasteiger charge is -2.22. The summed E-state index contributed by atoms with van der Waals surface area (Å²) in [7, 11) is 0. The van der Waals surface area contributed by atoms with Crippen molar-refractivity contribution in [3.05, 3.63) is 65.2 Å². The van der Waals surface area contributed by atoms with Gasteiger partial charge in [-0.15, -0.1) is 11.3 Å². The van der Waals surface area contributed by atoms with Crippen LogP contribution in [0, 0.1) is 5.92 Å². The Morgan fingerprint density at radius 2 is 2.12 bits per heavy atom. The van der Waals surface area contributed by atoms with E-state index in [4.69, 9.17) is 4.98 Å². The fraction of sp³-hybridized carbons (Fsp3) is 0.238. The Balaban J connectivity index is 1.66. The maximum Gasteiger partial charge on any atom is 0.270 e. The molecule has 3 aromatic rings. The summed E-state index contributed by atoms with van der Waals surface area (Å²) in [5.41, 5.74) is 9.40. The van der Waals surface area contributed by atoms with Crippen LogP contribution >= 0.6 is 11.3 Å². The molecule has 0 spiro atoms. The van der Waals surface area contributed by atoms with E-state index >= 15 is 0 Å². The summed E-state index contributed by atoms with van der Waals surface area (Å²) in [4.78, 5) is 18.7. The lowest BCUT2D eigenvalue weighted by atomic mass is 9.94. The summed E-state index contributed by atoms with van der Waals surface area (Å²) < 4.78 is 0. The van der Waals surface area contributed by atoms with Gasteiger partial charge in [0.25, 0.3) is 5.91 Å². The molecule has 5 heteroatoms. The summed E-state index contributed by atoms with van der Waals surface area (Å²) >= 11 is 1.62. The number of thiophene rings is 1. The number of hydrogen-bond acceptors (Lipinski definition) is 4. The lowest BCUT2D eigenvalue weighted by molar-refractivity contribution is 0.0938. The maximum atomic E-state index is 12.9. The fourth-order valence-corrected chi connectivity index (χ4v) is 4.01. The Hall–Kier alpha value is -2.66. The smallest absolute Gasteiger partial charge is 0.270 e. The van der Waals surface area contributed by atoms with Gasteiger partial charge in [0.05, 0.1) is 21.7 Å². The molecule has 1 atom stereocenters. The zero-order valence-electron chi connectivity index (χ0n) is 14.7. The van der Waals surface area contributed by atoms with E-state index in [-0.39, 0.29) is 5.91 Å². The Labute approximate surface area is 156 Å². The van der Waals surface area contributed by atoms with E-state index in [1.807, 2.05) is 47.8 Å². The van der Waals surface area contributed by atoms with Gasteiger partial charge in [-0.1, -0.05) is 37.3 Å². The number of hydrogen-bond donors (Lipinski definition) is 2. The van der Waals surface area contributed by atoms with Crippen molar-refractivity contribution in [2.45, 2.75) is 26.2 Å². The highest BCUT2D eigenvalue weighted by atomic mass is 32.1. The molecule has 1 aromatic carbocycles. The van der Waals surface area contributed by atoms with Crippen LogP contribution in [0.3, 0.4) is 0 Å². The van der Waals surface area contributed by atoms with Crippen LogP contribution in [-0.2, 0) is 0 Å². The molecule has 0 bridgehead atoms. The monoisotopic (exact) mass is 363 g/mol. The zero-order valence-corrected chi connectivity index (χ0v) is 15.5. The first-order chi connectivity index (χ1) is 12.7. The van der Waals surface area contributed by atoms with E-state index < -0.39 is 0 Å². The molecular weight excluding hydrogens is 342 g/mol. The van der Waals surface area contributed by atoms with Crippen LogP contribution in [0.1, 0.15) is 36.5 Å². The predicted octanol–water partition coefficient (Wildman–Crippen LogP) is 4.90. The Morgan fingerprint density at radius 1 is 1.23 bits per heavy atom. The number of carbonyl (C=O) groups excluding carboxylic acids is 1. The Morgan fingerprint density at radius 3 is 2.92 bits per heavy atom. The molecule has 132 valence electrons. The number of fused-ring (bicyclic) bond motifs is 1. The topological polar surface area (TPSA) is 54.0 Å². The van der Waals surface area contributed by atoms with Crippen LogP contribution in [0.4, 0.5) is 0 Å². The van der Waals surface area contributed by atoms with Crippen molar-refractivity contribution in [2.24, 2.45) is 5.92 Å². The molecule has 0 unspecified atom stereocenters. The lowest BCUT2D eigenvalue weighted by Crippen LogP contribution is -2.39. The number of nitrogens with one attached hydrogen (secondary N) is 2. The van der Waals surface area contributed by atoms with E-state index in [0.717, 1.165) is 40.0 Å². The second kappa shape index (κ2) is 7.30. The molecule has 2 N–H and O–H groups in total. The van der Waals surface area contributed by atoms with Gasteiger partial charge in [-0.05, 0) is 48.8 Å². The van der Waals surface area contributed by atoms with Gasteiger partial charge in [0.15, 0.2) is 0 Å². The van der Waals surface area contributed by atoms with Crippen molar-refractivity contribution in [1.29, 1.82) is 0 Å². The molecule has 4 nitrogen and oxygen atoms in total. The van der Waals surface area contributed by atoms with E-state index in [9.17, 15) is 4.79 Å². The van der Waals surface area contributed by atoms with Crippen LogP contribution in [0.25, 0.3) is 21.5 Å². The van der Waals surface area contributed by atoms with Crippen molar-refractivity contribution in [3.8, 4) is 10.6 Å². The molecule has 2 aromatic heterocycles. The highest BCUT2D eigenvalue weighted by molar-refractivity contribution is 7.13. The third kappa shape index (κ3) is 3.35. The Kier molecular flexibility index (Phi) is 4.71. The number of amides is 1. The van der Waals surface area contributed by atoms with E-state index in [1.54, 1.807) is 11.3 Å². The van der Waals surface area contributed by atoms with Crippen LogP contribution < -0.4 is 10.9 Å². The van der Waals surface area contributed by atoms with Gasteiger partial charge < -0.3 is 5.43 Å². The average molecular weight is 363 g/mol. The summed E-state index contributed by atoms with van der Waals surface area (Å²) in [5, 5.41) is 2.88. The van der Waals surface area contributed by atoms with Crippen molar-refractivity contribution in [3.63, 3.8) is 0 Å². The minimum Gasteiger partial charge on any atom is -0.303 e. The van der Waals surface area contributed by atoms with Crippen molar-refractivity contribution in [2.75, 3.05) is 0 Å². The van der Waals surface area contributed by atoms with Crippen molar-refractivity contribution in [1.82, 2.24) is 15.8 Å². The quantitative estimate of drug-likeness (QED) is 0.648. The van der Waals surface area contributed by atoms with Gasteiger partial charge >= 0.3 is 0 Å². The molecule has 0 aliphatic heterocycles. The summed E-state index contributed by atoms with van der Waals surface area (Å²) in [6, 6.07) is 13.7. The van der Waals surface area contributed by atoms with Crippen molar-refractivity contribution >= 4 is 28.1 Å². The third-order valence-electron chi connectivity index (χ3n) is 4.79. The minimum atomic E-state index is -0.139. The molecule has 26 heavy (non-hydrogen) atoms. The standard InChI is InChI=1S/C21H21N3OS/c1-14-7-2-4-9-17(14)23-24-21(25)16-13-19(20-11-6-12-26-20)22-18-10-5-3-8-15(16)18/h3,5-6,8-14,23H,2,4,7H2,1H3,(H,24,25)/t14-/m1/s1. The van der Waals surface area contributed by atoms with Crippen molar-refractivity contribution < 1.29 is 4.79 Å². The van der Waals surface area contributed by atoms with Crippen LogP contribution in [-0.4, -0.2) is 10.9 Å². The SMILES string of the molecule is C[C@@H]1CCCC=C1NNC(=O)c1cc(-c2cccs2)nc2ccccc12. The number of nitrogens with zero attached hydrogens (tertiary/aromatic N) is 1. The summed E-state index contributed by atoms with van der Waals surface area (Å²) in [6.45, 7) is 2.18. The largest absolute Gasteiger partial charge is 0.303 e. The summed E-state index contributed by atoms with van der Waals surface area (Å²) in [5.74, 6) is 0.306. The average Bonchev–Trinajstić information content (AvgIpc) is 3.21. The number of allylic oxidation sites excluding steroid dienone is 2. The number of pyridine rings is 1.